The van der Waals surface area contributed by atoms with Crippen molar-refractivity contribution in [2.45, 2.75) is 25.4 Å². The van der Waals surface area contributed by atoms with E-state index in [9.17, 15) is 4.79 Å². The first-order valence-electron chi connectivity index (χ1n) is 5.13. The minimum atomic E-state index is -0.577. The molecule has 0 aromatic rings. The lowest BCUT2D eigenvalue weighted by Gasteiger charge is -2.42. The van der Waals surface area contributed by atoms with Crippen molar-refractivity contribution in [3.8, 4) is 0 Å². The molecule has 0 radical (unpaired) electrons. The van der Waals surface area contributed by atoms with Crippen LogP contribution in [0, 0.1) is 0 Å². The zero-order valence-electron chi connectivity index (χ0n) is 9.66. The second kappa shape index (κ2) is 4.92. The number of esters is 1. The number of nitrogens with zero attached hydrogens (tertiary/aromatic N) is 1. The number of nitrogens with two attached hydrogens (primary N) is 1. The first kappa shape index (κ1) is 12.4. The Morgan fingerprint density at radius 2 is 2.33 bits per heavy atom. The van der Waals surface area contributed by atoms with Gasteiger partial charge in [0.2, 0.25) is 0 Å². The van der Waals surface area contributed by atoms with Crippen molar-refractivity contribution in [3.63, 3.8) is 0 Å². The molecule has 0 aromatic heterocycles. The van der Waals surface area contributed by atoms with Gasteiger partial charge in [-0.2, -0.15) is 0 Å². The zero-order chi connectivity index (χ0) is 11.5. The highest BCUT2D eigenvalue weighted by Gasteiger charge is 2.32. The standard InChI is InChI=1S/C10H20N2O3/c1-10(2)7-15-5-4-12(10)6-8(11)9(13)14-3/h8H,4-7,11H2,1-3H3. The van der Waals surface area contributed by atoms with Gasteiger partial charge in [0.1, 0.15) is 6.04 Å². The summed E-state index contributed by atoms with van der Waals surface area (Å²) >= 11 is 0. The van der Waals surface area contributed by atoms with E-state index < -0.39 is 6.04 Å². The molecule has 0 amide bonds. The Bertz CT molecular complexity index is 231. The number of carbonyl (C=O) groups excluding carboxylic acids is 1. The van der Waals surface area contributed by atoms with Gasteiger partial charge in [0.15, 0.2) is 0 Å². The van der Waals surface area contributed by atoms with E-state index in [1.165, 1.54) is 7.11 Å². The van der Waals surface area contributed by atoms with Crippen molar-refractivity contribution < 1.29 is 14.3 Å². The Kier molecular flexibility index (Phi) is 4.07. The summed E-state index contributed by atoms with van der Waals surface area (Å²) in [6.07, 6.45) is 0. The first-order chi connectivity index (χ1) is 6.97. The molecule has 1 saturated heterocycles. The summed E-state index contributed by atoms with van der Waals surface area (Å²) in [5, 5.41) is 0. The van der Waals surface area contributed by atoms with Gasteiger partial charge in [0.25, 0.3) is 0 Å². The Hall–Kier alpha value is -0.650. The van der Waals surface area contributed by atoms with Gasteiger partial charge in [-0.1, -0.05) is 0 Å². The summed E-state index contributed by atoms with van der Waals surface area (Å²) in [4.78, 5) is 13.4. The largest absolute Gasteiger partial charge is 0.468 e. The molecule has 5 nitrogen and oxygen atoms in total. The summed E-state index contributed by atoms with van der Waals surface area (Å²) in [5.41, 5.74) is 5.66. The molecule has 0 spiro atoms. The zero-order valence-corrected chi connectivity index (χ0v) is 9.66. The fourth-order valence-electron chi connectivity index (χ4n) is 1.69. The topological polar surface area (TPSA) is 64.8 Å². The second-order valence-corrected chi connectivity index (χ2v) is 4.44. The number of carbonyl (C=O) groups is 1. The van der Waals surface area contributed by atoms with E-state index in [4.69, 9.17) is 10.5 Å². The minimum absolute atomic E-state index is 0.0656. The van der Waals surface area contributed by atoms with E-state index in [1.54, 1.807) is 0 Å². The predicted molar refractivity (Wildman–Crippen MR) is 56.5 cm³/mol. The maximum atomic E-state index is 11.2. The van der Waals surface area contributed by atoms with Crippen LogP contribution in [0.4, 0.5) is 0 Å². The molecule has 0 aromatic carbocycles. The minimum Gasteiger partial charge on any atom is -0.468 e. The third kappa shape index (κ3) is 3.15. The molecule has 0 saturated carbocycles. The van der Waals surface area contributed by atoms with E-state index in [0.29, 0.717) is 19.8 Å². The lowest BCUT2D eigenvalue weighted by Crippen LogP contribution is -2.57. The maximum Gasteiger partial charge on any atom is 0.323 e. The molecule has 1 aliphatic rings. The third-order valence-electron chi connectivity index (χ3n) is 2.74. The number of hydrogen-bond donors (Lipinski definition) is 1. The predicted octanol–water partition coefficient (Wildman–Crippen LogP) is -0.402. The van der Waals surface area contributed by atoms with Crippen LogP contribution in [0.2, 0.25) is 0 Å². The normalized spacial score (nSPS) is 23.5. The average molecular weight is 216 g/mol. The van der Waals surface area contributed by atoms with Crippen LogP contribution < -0.4 is 5.73 Å². The molecule has 5 heteroatoms. The van der Waals surface area contributed by atoms with Crippen molar-refractivity contribution >= 4 is 5.97 Å². The number of rotatable bonds is 3. The van der Waals surface area contributed by atoms with E-state index in [0.717, 1.165) is 6.54 Å². The summed E-state index contributed by atoms with van der Waals surface area (Å²) < 4.78 is 9.98. The maximum absolute atomic E-state index is 11.2. The SMILES string of the molecule is COC(=O)C(N)CN1CCOCC1(C)C. The van der Waals surface area contributed by atoms with Crippen molar-refractivity contribution in [2.75, 3.05) is 33.4 Å². The quantitative estimate of drug-likeness (QED) is 0.650. The second-order valence-electron chi connectivity index (χ2n) is 4.44. The highest BCUT2D eigenvalue weighted by Crippen LogP contribution is 2.18. The summed E-state index contributed by atoms with van der Waals surface area (Å²) in [6.45, 7) is 6.84. The molecule has 1 heterocycles. The van der Waals surface area contributed by atoms with Gasteiger partial charge in [0, 0.05) is 18.6 Å². The molecular formula is C10H20N2O3. The Morgan fingerprint density at radius 3 is 2.87 bits per heavy atom. The van der Waals surface area contributed by atoms with Crippen LogP contribution in [0.5, 0.6) is 0 Å². The van der Waals surface area contributed by atoms with Crippen LogP contribution in [0.15, 0.2) is 0 Å². The Labute approximate surface area is 90.5 Å². The first-order valence-corrected chi connectivity index (χ1v) is 5.13. The van der Waals surface area contributed by atoms with E-state index >= 15 is 0 Å². The van der Waals surface area contributed by atoms with Crippen LogP contribution in [-0.4, -0.2) is 55.9 Å². The number of hydrogen-bond acceptors (Lipinski definition) is 5. The van der Waals surface area contributed by atoms with Gasteiger partial charge in [-0.3, -0.25) is 9.69 Å². The van der Waals surface area contributed by atoms with E-state index in [1.807, 2.05) is 0 Å². The lowest BCUT2D eigenvalue weighted by atomic mass is 10.0. The monoisotopic (exact) mass is 216 g/mol. The number of morpholine rings is 1. The van der Waals surface area contributed by atoms with Gasteiger partial charge in [0.05, 0.1) is 20.3 Å². The van der Waals surface area contributed by atoms with Crippen molar-refractivity contribution in [3.05, 3.63) is 0 Å². The molecule has 1 unspecified atom stereocenters. The van der Waals surface area contributed by atoms with Crippen LogP contribution in [0.25, 0.3) is 0 Å². The summed E-state index contributed by atoms with van der Waals surface area (Å²) in [5.74, 6) is -0.364. The summed E-state index contributed by atoms with van der Waals surface area (Å²) in [6, 6.07) is -0.577. The molecule has 0 bridgehead atoms. The smallest absolute Gasteiger partial charge is 0.323 e. The fourth-order valence-corrected chi connectivity index (χ4v) is 1.69. The Balaban J connectivity index is 2.52. The van der Waals surface area contributed by atoms with Crippen LogP contribution in [0.3, 0.4) is 0 Å². The molecule has 2 N–H and O–H groups in total. The molecule has 1 aliphatic heterocycles. The van der Waals surface area contributed by atoms with Crippen LogP contribution >= 0.6 is 0 Å². The van der Waals surface area contributed by atoms with Gasteiger partial charge in [-0.15, -0.1) is 0 Å². The molecule has 88 valence electrons. The van der Waals surface area contributed by atoms with Gasteiger partial charge < -0.3 is 15.2 Å². The molecular weight excluding hydrogens is 196 g/mol. The molecule has 15 heavy (non-hydrogen) atoms. The van der Waals surface area contributed by atoms with E-state index in [-0.39, 0.29) is 11.5 Å². The molecule has 1 fully saturated rings. The van der Waals surface area contributed by atoms with Crippen LogP contribution in [-0.2, 0) is 14.3 Å². The Morgan fingerprint density at radius 1 is 1.67 bits per heavy atom. The third-order valence-corrected chi connectivity index (χ3v) is 2.74. The number of methoxy groups -OCH3 is 1. The van der Waals surface area contributed by atoms with Crippen molar-refractivity contribution in [1.82, 2.24) is 4.90 Å². The summed E-state index contributed by atoms with van der Waals surface area (Å²) in [7, 11) is 1.35. The highest BCUT2D eigenvalue weighted by molar-refractivity contribution is 5.75. The van der Waals surface area contributed by atoms with Crippen molar-refractivity contribution in [2.24, 2.45) is 5.73 Å². The molecule has 1 atom stereocenters. The molecule has 1 rings (SSSR count). The van der Waals surface area contributed by atoms with Gasteiger partial charge in [-0.05, 0) is 13.8 Å². The van der Waals surface area contributed by atoms with Gasteiger partial charge in [-0.25, -0.2) is 0 Å². The molecule has 0 aliphatic carbocycles. The number of ether oxygens (including phenoxy) is 2. The lowest BCUT2D eigenvalue weighted by molar-refractivity contribution is -0.143. The van der Waals surface area contributed by atoms with Crippen molar-refractivity contribution in [1.29, 1.82) is 0 Å². The average Bonchev–Trinajstić information content (AvgIpc) is 2.19. The van der Waals surface area contributed by atoms with Crippen LogP contribution in [0.1, 0.15) is 13.8 Å². The fraction of sp³-hybridized carbons (Fsp3) is 0.900. The van der Waals surface area contributed by atoms with Gasteiger partial charge >= 0.3 is 5.97 Å². The highest BCUT2D eigenvalue weighted by atomic mass is 16.5. The van der Waals surface area contributed by atoms with E-state index in [2.05, 4.69) is 23.5 Å².